The smallest absolute Gasteiger partial charge is 0.309 e. The zero-order valence-electron chi connectivity index (χ0n) is 11.1. The summed E-state index contributed by atoms with van der Waals surface area (Å²) in [5.74, 6) is 1.10. The topological polar surface area (TPSA) is 43.4 Å². The second-order valence-electron chi connectivity index (χ2n) is 5.59. The summed E-state index contributed by atoms with van der Waals surface area (Å²) in [6.07, 6.45) is 9.97. The number of rotatable bonds is 3. The first-order valence-electron chi connectivity index (χ1n) is 6.98. The van der Waals surface area contributed by atoms with Gasteiger partial charge in [-0.2, -0.15) is 0 Å². The number of methoxy groups -OCH3 is 1. The van der Waals surface area contributed by atoms with Gasteiger partial charge in [-0.05, 0) is 24.3 Å². The third-order valence-electron chi connectivity index (χ3n) is 4.27. The van der Waals surface area contributed by atoms with Crippen LogP contribution < -0.4 is 0 Å². The van der Waals surface area contributed by atoms with Gasteiger partial charge in [0.1, 0.15) is 0 Å². The minimum absolute atomic E-state index is 0.190. The Morgan fingerprint density at radius 3 is 2.61 bits per heavy atom. The van der Waals surface area contributed by atoms with Gasteiger partial charge in [-0.3, -0.25) is 9.59 Å². The summed E-state index contributed by atoms with van der Waals surface area (Å²) in [5.41, 5.74) is 0.966. The SMILES string of the molecule is COC(=O)CC1=CC(=O)C[C@@H](C2CCCCC2)C1. The van der Waals surface area contributed by atoms with Gasteiger partial charge >= 0.3 is 5.97 Å². The average molecular weight is 250 g/mol. The van der Waals surface area contributed by atoms with Gasteiger partial charge in [0.15, 0.2) is 5.78 Å². The van der Waals surface area contributed by atoms with Crippen LogP contribution in [0.1, 0.15) is 51.4 Å². The van der Waals surface area contributed by atoms with Gasteiger partial charge in [0, 0.05) is 6.42 Å². The Morgan fingerprint density at radius 2 is 1.94 bits per heavy atom. The molecule has 100 valence electrons. The molecule has 2 rings (SSSR count). The molecule has 0 unspecified atom stereocenters. The van der Waals surface area contributed by atoms with Crippen molar-refractivity contribution >= 4 is 11.8 Å². The van der Waals surface area contributed by atoms with E-state index in [0.29, 0.717) is 18.3 Å². The second kappa shape index (κ2) is 6.17. The summed E-state index contributed by atoms with van der Waals surface area (Å²) in [5, 5.41) is 0. The molecule has 0 aromatic carbocycles. The van der Waals surface area contributed by atoms with Crippen molar-refractivity contribution in [1.82, 2.24) is 0 Å². The molecule has 2 aliphatic carbocycles. The molecule has 18 heavy (non-hydrogen) atoms. The van der Waals surface area contributed by atoms with Crippen LogP contribution in [0.5, 0.6) is 0 Å². The number of hydrogen-bond donors (Lipinski definition) is 0. The molecule has 0 amide bonds. The molecule has 0 aliphatic heterocycles. The van der Waals surface area contributed by atoms with Crippen molar-refractivity contribution < 1.29 is 14.3 Å². The van der Waals surface area contributed by atoms with Crippen LogP contribution in [-0.4, -0.2) is 18.9 Å². The van der Waals surface area contributed by atoms with Gasteiger partial charge in [-0.15, -0.1) is 0 Å². The number of esters is 1. The highest BCUT2D eigenvalue weighted by Gasteiger charge is 2.29. The van der Waals surface area contributed by atoms with Crippen molar-refractivity contribution in [1.29, 1.82) is 0 Å². The molecule has 0 saturated heterocycles. The van der Waals surface area contributed by atoms with Gasteiger partial charge in [-0.25, -0.2) is 0 Å². The van der Waals surface area contributed by atoms with Crippen molar-refractivity contribution in [2.75, 3.05) is 7.11 Å². The lowest BCUT2D eigenvalue weighted by Crippen LogP contribution is -2.24. The number of hydrogen-bond acceptors (Lipinski definition) is 3. The molecular formula is C15H22O3. The summed E-state index contributed by atoms with van der Waals surface area (Å²) >= 11 is 0. The molecule has 1 saturated carbocycles. The fourth-order valence-electron chi connectivity index (χ4n) is 3.33. The van der Waals surface area contributed by atoms with Crippen molar-refractivity contribution in [3.8, 4) is 0 Å². The third kappa shape index (κ3) is 3.44. The van der Waals surface area contributed by atoms with Gasteiger partial charge in [0.25, 0.3) is 0 Å². The molecular weight excluding hydrogens is 228 g/mol. The fourth-order valence-corrected chi connectivity index (χ4v) is 3.33. The van der Waals surface area contributed by atoms with Crippen LogP contribution in [0.15, 0.2) is 11.6 Å². The van der Waals surface area contributed by atoms with E-state index in [4.69, 9.17) is 0 Å². The van der Waals surface area contributed by atoms with Gasteiger partial charge in [0.2, 0.25) is 0 Å². The monoisotopic (exact) mass is 250 g/mol. The van der Waals surface area contributed by atoms with E-state index >= 15 is 0 Å². The molecule has 0 spiro atoms. The summed E-state index contributed by atoms with van der Waals surface area (Å²) in [7, 11) is 1.39. The normalized spacial score (nSPS) is 25.7. The van der Waals surface area contributed by atoms with Crippen molar-refractivity contribution in [3.05, 3.63) is 11.6 Å². The van der Waals surface area contributed by atoms with E-state index in [9.17, 15) is 9.59 Å². The summed E-state index contributed by atoms with van der Waals surface area (Å²) in [4.78, 5) is 23.1. The van der Waals surface area contributed by atoms with Crippen molar-refractivity contribution in [2.45, 2.75) is 51.4 Å². The quantitative estimate of drug-likeness (QED) is 0.723. The molecule has 0 radical (unpaired) electrons. The van der Waals surface area contributed by atoms with E-state index in [1.165, 1.54) is 39.2 Å². The van der Waals surface area contributed by atoms with E-state index in [1.54, 1.807) is 6.08 Å². The molecule has 1 fully saturated rings. The lowest BCUT2D eigenvalue weighted by atomic mass is 9.73. The van der Waals surface area contributed by atoms with Gasteiger partial charge in [-0.1, -0.05) is 37.7 Å². The first-order valence-corrected chi connectivity index (χ1v) is 6.98. The predicted molar refractivity (Wildman–Crippen MR) is 69.0 cm³/mol. The van der Waals surface area contributed by atoms with Crippen LogP contribution >= 0.6 is 0 Å². The van der Waals surface area contributed by atoms with Crippen LogP contribution in [0.4, 0.5) is 0 Å². The fraction of sp³-hybridized carbons (Fsp3) is 0.733. The zero-order valence-corrected chi connectivity index (χ0v) is 11.1. The minimum Gasteiger partial charge on any atom is -0.469 e. The van der Waals surface area contributed by atoms with Crippen LogP contribution in [0.25, 0.3) is 0 Å². The maximum atomic E-state index is 11.8. The first kappa shape index (κ1) is 13.3. The third-order valence-corrected chi connectivity index (χ3v) is 4.27. The Hall–Kier alpha value is -1.12. The number of carbonyl (C=O) groups is 2. The van der Waals surface area contributed by atoms with Crippen LogP contribution in [0.2, 0.25) is 0 Å². The van der Waals surface area contributed by atoms with Gasteiger partial charge in [0.05, 0.1) is 13.5 Å². The Morgan fingerprint density at radius 1 is 1.22 bits per heavy atom. The Balaban J connectivity index is 1.97. The molecule has 2 aliphatic rings. The largest absolute Gasteiger partial charge is 0.469 e. The maximum Gasteiger partial charge on any atom is 0.309 e. The van der Waals surface area contributed by atoms with E-state index in [-0.39, 0.29) is 18.2 Å². The summed E-state index contributed by atoms with van der Waals surface area (Å²) < 4.78 is 4.68. The van der Waals surface area contributed by atoms with E-state index in [0.717, 1.165) is 12.0 Å². The molecule has 0 bridgehead atoms. The van der Waals surface area contributed by atoms with Gasteiger partial charge < -0.3 is 4.74 Å². The predicted octanol–water partition coefficient (Wildman–Crippen LogP) is 3.04. The maximum absolute atomic E-state index is 11.8. The number of ketones is 1. The highest BCUT2D eigenvalue weighted by atomic mass is 16.5. The highest BCUT2D eigenvalue weighted by molar-refractivity contribution is 5.92. The first-order chi connectivity index (χ1) is 8.69. The number of allylic oxidation sites excluding steroid dienone is 1. The Kier molecular flexibility index (Phi) is 4.56. The molecule has 1 atom stereocenters. The number of carbonyl (C=O) groups excluding carboxylic acids is 2. The lowest BCUT2D eigenvalue weighted by molar-refractivity contribution is -0.139. The molecule has 3 heteroatoms. The van der Waals surface area contributed by atoms with Crippen molar-refractivity contribution in [2.24, 2.45) is 11.8 Å². The van der Waals surface area contributed by atoms with E-state index < -0.39 is 0 Å². The minimum atomic E-state index is -0.238. The van der Waals surface area contributed by atoms with Crippen LogP contribution in [-0.2, 0) is 14.3 Å². The second-order valence-corrected chi connectivity index (χ2v) is 5.59. The molecule has 0 N–H and O–H groups in total. The molecule has 0 aromatic heterocycles. The van der Waals surface area contributed by atoms with Crippen molar-refractivity contribution in [3.63, 3.8) is 0 Å². The molecule has 3 nitrogen and oxygen atoms in total. The average Bonchev–Trinajstić information content (AvgIpc) is 2.39. The summed E-state index contributed by atoms with van der Waals surface area (Å²) in [6.45, 7) is 0. The van der Waals surface area contributed by atoms with Crippen LogP contribution in [0.3, 0.4) is 0 Å². The molecule has 0 aromatic rings. The number of ether oxygens (including phenoxy) is 1. The Bertz CT molecular complexity index is 351. The standard InChI is InChI=1S/C15H22O3/c1-18-15(17)9-11-7-13(10-14(16)8-11)12-5-3-2-4-6-12/h8,12-13H,2-7,9-10H2,1H3/t13-/m0/s1. The Labute approximate surface area is 109 Å². The van der Waals surface area contributed by atoms with Crippen LogP contribution in [0, 0.1) is 11.8 Å². The van der Waals surface area contributed by atoms with E-state index in [2.05, 4.69) is 4.74 Å². The van der Waals surface area contributed by atoms with E-state index in [1.807, 2.05) is 0 Å². The lowest BCUT2D eigenvalue weighted by Gasteiger charge is -2.32. The highest BCUT2D eigenvalue weighted by Crippen LogP contribution is 2.38. The zero-order chi connectivity index (χ0) is 13.0. The summed E-state index contributed by atoms with van der Waals surface area (Å²) in [6, 6.07) is 0. The molecule has 0 heterocycles.